The van der Waals surface area contributed by atoms with Crippen LogP contribution in [-0.2, 0) is 17.8 Å². The third kappa shape index (κ3) is 2.65. The molecule has 17 heavy (non-hydrogen) atoms. The van der Waals surface area contributed by atoms with Gasteiger partial charge in [-0.15, -0.1) is 11.3 Å². The number of imide groups is 1. The average molecular weight is 253 g/mol. The Morgan fingerprint density at radius 1 is 1.59 bits per heavy atom. The van der Waals surface area contributed by atoms with Crippen molar-refractivity contribution in [1.29, 1.82) is 0 Å². The van der Waals surface area contributed by atoms with Crippen LogP contribution in [0.1, 0.15) is 17.4 Å². The first-order valence-electron chi connectivity index (χ1n) is 5.47. The number of primary amides is 1. The van der Waals surface area contributed by atoms with Crippen LogP contribution >= 0.6 is 11.3 Å². The predicted octanol–water partition coefficient (Wildman–Crippen LogP) is 0.690. The molecule has 3 N–H and O–H groups in total. The van der Waals surface area contributed by atoms with Crippen molar-refractivity contribution in [3.8, 4) is 0 Å². The molecular formula is C11H15N3O2S. The van der Waals surface area contributed by atoms with Gasteiger partial charge in [-0.2, -0.15) is 0 Å². The van der Waals surface area contributed by atoms with Crippen LogP contribution in [0.25, 0.3) is 0 Å². The number of urea groups is 1. The molecule has 92 valence electrons. The van der Waals surface area contributed by atoms with Crippen LogP contribution in [-0.4, -0.2) is 29.4 Å². The monoisotopic (exact) mass is 253 g/mol. The number of hydrogen-bond donors (Lipinski definition) is 2. The molecule has 0 saturated heterocycles. The van der Waals surface area contributed by atoms with E-state index >= 15 is 0 Å². The summed E-state index contributed by atoms with van der Waals surface area (Å²) in [7, 11) is 0. The first-order valence-corrected chi connectivity index (χ1v) is 6.35. The highest BCUT2D eigenvalue weighted by atomic mass is 32.1. The van der Waals surface area contributed by atoms with Gasteiger partial charge >= 0.3 is 6.03 Å². The number of thiophene rings is 1. The lowest BCUT2D eigenvalue weighted by atomic mass is 10.1. The zero-order chi connectivity index (χ0) is 12.4. The van der Waals surface area contributed by atoms with Crippen molar-refractivity contribution in [2.45, 2.75) is 25.9 Å². The maximum Gasteiger partial charge on any atom is 0.318 e. The Morgan fingerprint density at radius 3 is 3.06 bits per heavy atom. The number of carbonyl (C=O) groups excluding carboxylic acids is 2. The van der Waals surface area contributed by atoms with Crippen molar-refractivity contribution in [1.82, 2.24) is 10.2 Å². The molecule has 0 radical (unpaired) electrons. The van der Waals surface area contributed by atoms with Crippen molar-refractivity contribution in [2.75, 3.05) is 6.54 Å². The smallest absolute Gasteiger partial charge is 0.318 e. The van der Waals surface area contributed by atoms with Gasteiger partial charge in [0.25, 0.3) is 0 Å². The van der Waals surface area contributed by atoms with Crippen LogP contribution in [0.2, 0.25) is 0 Å². The van der Waals surface area contributed by atoms with E-state index in [0.717, 1.165) is 19.5 Å². The summed E-state index contributed by atoms with van der Waals surface area (Å²) in [5, 5.41) is 4.19. The van der Waals surface area contributed by atoms with Crippen LogP contribution in [0, 0.1) is 0 Å². The number of nitrogens with zero attached hydrogens (tertiary/aromatic N) is 1. The Labute approximate surface area is 104 Å². The lowest BCUT2D eigenvalue weighted by molar-refractivity contribution is -0.125. The fourth-order valence-corrected chi connectivity index (χ4v) is 2.88. The van der Waals surface area contributed by atoms with Gasteiger partial charge in [0, 0.05) is 18.0 Å². The van der Waals surface area contributed by atoms with Gasteiger partial charge in [-0.3, -0.25) is 15.0 Å². The highest BCUT2D eigenvalue weighted by Crippen LogP contribution is 2.25. The van der Waals surface area contributed by atoms with E-state index in [0.29, 0.717) is 0 Å². The molecule has 1 unspecified atom stereocenters. The quantitative estimate of drug-likeness (QED) is 0.814. The van der Waals surface area contributed by atoms with Crippen LogP contribution < -0.4 is 11.1 Å². The summed E-state index contributed by atoms with van der Waals surface area (Å²) in [5.41, 5.74) is 6.21. The Bertz CT molecular complexity index is 444. The van der Waals surface area contributed by atoms with Gasteiger partial charge < -0.3 is 5.73 Å². The lowest BCUT2D eigenvalue weighted by Gasteiger charge is -2.31. The number of rotatable bonds is 2. The molecular weight excluding hydrogens is 238 g/mol. The second-order valence-electron chi connectivity index (χ2n) is 4.12. The van der Waals surface area contributed by atoms with Crippen LogP contribution in [0.5, 0.6) is 0 Å². The van der Waals surface area contributed by atoms with Gasteiger partial charge in [0.05, 0.1) is 6.04 Å². The molecule has 1 aromatic heterocycles. The van der Waals surface area contributed by atoms with E-state index in [2.05, 4.69) is 16.8 Å². The molecule has 3 amide bonds. The van der Waals surface area contributed by atoms with Crippen molar-refractivity contribution >= 4 is 23.3 Å². The first-order chi connectivity index (χ1) is 8.08. The normalized spacial score (nSPS) is 17.2. The number of nitrogens with one attached hydrogen (secondary N) is 1. The van der Waals surface area contributed by atoms with E-state index in [-0.39, 0.29) is 11.9 Å². The minimum Gasteiger partial charge on any atom is -0.351 e. The molecule has 2 heterocycles. The fraction of sp³-hybridized carbons (Fsp3) is 0.455. The maximum atomic E-state index is 11.7. The second-order valence-corrected chi connectivity index (χ2v) is 5.12. The largest absolute Gasteiger partial charge is 0.351 e. The SMILES string of the molecule is CC(C(=O)NC(N)=O)N1CCc2sccc2C1. The molecule has 1 aliphatic rings. The second kappa shape index (κ2) is 4.85. The van der Waals surface area contributed by atoms with E-state index in [1.165, 1.54) is 10.4 Å². The number of nitrogens with two attached hydrogens (primary N) is 1. The topological polar surface area (TPSA) is 75.4 Å². The highest BCUT2D eigenvalue weighted by molar-refractivity contribution is 7.10. The fourth-order valence-electron chi connectivity index (χ4n) is 1.99. The molecule has 0 fully saturated rings. The number of hydrogen-bond acceptors (Lipinski definition) is 4. The van der Waals surface area contributed by atoms with Gasteiger partial charge in [0.2, 0.25) is 5.91 Å². The van der Waals surface area contributed by atoms with Crippen LogP contribution in [0.3, 0.4) is 0 Å². The van der Waals surface area contributed by atoms with Crippen LogP contribution in [0.4, 0.5) is 4.79 Å². The highest BCUT2D eigenvalue weighted by Gasteiger charge is 2.26. The molecule has 6 heteroatoms. The minimum atomic E-state index is -0.796. The molecule has 1 atom stereocenters. The molecule has 0 spiro atoms. The standard InChI is InChI=1S/C11H15N3O2S/c1-7(10(15)13-11(12)16)14-4-2-9-8(6-14)3-5-17-9/h3,5,7H,2,4,6H2,1H3,(H3,12,13,15,16). The van der Waals surface area contributed by atoms with Crippen LogP contribution in [0.15, 0.2) is 11.4 Å². The summed E-state index contributed by atoms with van der Waals surface area (Å²) in [6, 6.07) is 0.954. The van der Waals surface area contributed by atoms with Gasteiger partial charge in [-0.05, 0) is 30.4 Å². The zero-order valence-electron chi connectivity index (χ0n) is 9.60. The molecule has 5 nitrogen and oxygen atoms in total. The molecule has 0 bridgehead atoms. The van der Waals surface area contributed by atoms with Crippen molar-refractivity contribution in [3.05, 3.63) is 21.9 Å². The van der Waals surface area contributed by atoms with E-state index in [4.69, 9.17) is 5.73 Å². The zero-order valence-corrected chi connectivity index (χ0v) is 10.4. The summed E-state index contributed by atoms with van der Waals surface area (Å²) >= 11 is 1.76. The predicted molar refractivity (Wildman–Crippen MR) is 65.6 cm³/mol. The molecule has 0 aliphatic carbocycles. The number of fused-ring (bicyclic) bond motifs is 1. The first kappa shape index (κ1) is 12.1. The Balaban J connectivity index is 2.00. The summed E-state index contributed by atoms with van der Waals surface area (Å²) in [6.45, 7) is 3.38. The Hall–Kier alpha value is -1.40. The molecule has 1 aromatic rings. The lowest BCUT2D eigenvalue weighted by Crippen LogP contribution is -2.49. The third-order valence-corrected chi connectivity index (χ3v) is 4.03. The van der Waals surface area contributed by atoms with Gasteiger partial charge in [0.15, 0.2) is 0 Å². The van der Waals surface area contributed by atoms with E-state index in [1.54, 1.807) is 18.3 Å². The van der Waals surface area contributed by atoms with Gasteiger partial charge in [0.1, 0.15) is 0 Å². The third-order valence-electron chi connectivity index (χ3n) is 3.01. The maximum absolute atomic E-state index is 11.7. The molecule has 2 rings (SSSR count). The van der Waals surface area contributed by atoms with Crippen molar-refractivity contribution in [2.24, 2.45) is 5.73 Å². The summed E-state index contributed by atoms with van der Waals surface area (Å²) < 4.78 is 0. The Morgan fingerprint density at radius 2 is 2.35 bits per heavy atom. The summed E-state index contributed by atoms with van der Waals surface area (Å²) in [6.07, 6.45) is 0.960. The average Bonchev–Trinajstić information content (AvgIpc) is 2.73. The molecule has 1 aliphatic heterocycles. The number of carbonyl (C=O) groups is 2. The number of amides is 3. The van der Waals surface area contributed by atoms with Crippen molar-refractivity contribution < 1.29 is 9.59 Å². The van der Waals surface area contributed by atoms with E-state index < -0.39 is 6.03 Å². The van der Waals surface area contributed by atoms with E-state index in [9.17, 15) is 9.59 Å². The minimum absolute atomic E-state index is 0.337. The van der Waals surface area contributed by atoms with Gasteiger partial charge in [-0.1, -0.05) is 0 Å². The Kier molecular flexibility index (Phi) is 3.44. The molecule has 0 aromatic carbocycles. The van der Waals surface area contributed by atoms with Gasteiger partial charge in [-0.25, -0.2) is 4.79 Å². The van der Waals surface area contributed by atoms with Crippen molar-refractivity contribution in [3.63, 3.8) is 0 Å². The molecule has 0 saturated carbocycles. The van der Waals surface area contributed by atoms with E-state index in [1.807, 2.05) is 4.90 Å². The summed E-state index contributed by atoms with van der Waals surface area (Å²) in [4.78, 5) is 25.7. The summed E-state index contributed by atoms with van der Waals surface area (Å²) in [5.74, 6) is -0.337.